The standard InChI is InChI=1S/C18H24F3N3O/c19-18(20,21)15-7-3-4-8-16(15)22-17(25)13-23-9-11-24(12-10-23)14-5-1-2-6-14/h3-4,7-8,14H,1-2,5-6,9-13H2,(H,22,25). The van der Waals surface area contributed by atoms with Gasteiger partial charge in [0.1, 0.15) is 0 Å². The Bertz CT molecular complexity index is 591. The first kappa shape index (κ1) is 18.2. The molecular formula is C18H24F3N3O. The maximum Gasteiger partial charge on any atom is 0.418 e. The second-order valence-electron chi connectivity index (χ2n) is 6.84. The molecule has 0 atom stereocenters. The fraction of sp³-hybridized carbons (Fsp3) is 0.611. The van der Waals surface area contributed by atoms with E-state index in [1.165, 1.54) is 43.9 Å². The summed E-state index contributed by atoms with van der Waals surface area (Å²) >= 11 is 0. The summed E-state index contributed by atoms with van der Waals surface area (Å²) in [6.07, 6.45) is 0.637. The molecule has 1 saturated carbocycles. The molecule has 0 bridgehead atoms. The van der Waals surface area contributed by atoms with Gasteiger partial charge in [-0.05, 0) is 25.0 Å². The third-order valence-electron chi connectivity index (χ3n) is 5.12. The molecule has 7 heteroatoms. The number of halogens is 3. The summed E-state index contributed by atoms with van der Waals surface area (Å²) in [6, 6.07) is 5.76. The Morgan fingerprint density at radius 3 is 2.36 bits per heavy atom. The Morgan fingerprint density at radius 1 is 1.08 bits per heavy atom. The average molecular weight is 355 g/mol. The van der Waals surface area contributed by atoms with Crippen LogP contribution in [0.25, 0.3) is 0 Å². The molecule has 4 nitrogen and oxygen atoms in total. The summed E-state index contributed by atoms with van der Waals surface area (Å²) in [5, 5.41) is 2.42. The van der Waals surface area contributed by atoms with E-state index in [1.54, 1.807) is 0 Å². The highest BCUT2D eigenvalue weighted by Crippen LogP contribution is 2.34. The van der Waals surface area contributed by atoms with Gasteiger partial charge in [0.05, 0.1) is 17.8 Å². The molecule has 1 aromatic carbocycles. The van der Waals surface area contributed by atoms with Crippen molar-refractivity contribution in [2.45, 2.75) is 37.9 Å². The Balaban J connectivity index is 1.51. The first-order valence-corrected chi connectivity index (χ1v) is 8.86. The molecule has 0 unspecified atom stereocenters. The molecule has 0 aromatic heterocycles. The first-order valence-electron chi connectivity index (χ1n) is 8.86. The number of alkyl halides is 3. The van der Waals surface area contributed by atoms with E-state index in [4.69, 9.17) is 0 Å². The van der Waals surface area contributed by atoms with Crippen LogP contribution in [0, 0.1) is 0 Å². The number of benzene rings is 1. The second-order valence-corrected chi connectivity index (χ2v) is 6.84. The minimum atomic E-state index is -4.48. The number of nitrogens with one attached hydrogen (secondary N) is 1. The van der Waals surface area contributed by atoms with Crippen molar-refractivity contribution < 1.29 is 18.0 Å². The molecule has 1 aliphatic heterocycles. The van der Waals surface area contributed by atoms with Crippen LogP contribution in [0.2, 0.25) is 0 Å². The Morgan fingerprint density at radius 2 is 1.72 bits per heavy atom. The van der Waals surface area contributed by atoms with Gasteiger partial charge < -0.3 is 5.32 Å². The van der Waals surface area contributed by atoms with Crippen molar-refractivity contribution in [2.75, 3.05) is 38.0 Å². The summed E-state index contributed by atoms with van der Waals surface area (Å²) in [4.78, 5) is 16.7. The lowest BCUT2D eigenvalue weighted by molar-refractivity contribution is -0.137. The Kier molecular flexibility index (Phi) is 5.64. The van der Waals surface area contributed by atoms with Gasteiger partial charge in [0.2, 0.25) is 5.91 Å². The minimum absolute atomic E-state index is 0.130. The number of para-hydroxylation sites is 1. The number of rotatable bonds is 4. The quantitative estimate of drug-likeness (QED) is 0.901. The number of hydrogen-bond acceptors (Lipinski definition) is 3. The summed E-state index contributed by atoms with van der Waals surface area (Å²) in [6.45, 7) is 3.55. The van der Waals surface area contributed by atoms with E-state index in [9.17, 15) is 18.0 Å². The predicted molar refractivity (Wildman–Crippen MR) is 90.3 cm³/mol. The Labute approximate surface area is 146 Å². The highest BCUT2D eigenvalue weighted by Gasteiger charge is 2.33. The van der Waals surface area contributed by atoms with Gasteiger partial charge in [0.15, 0.2) is 0 Å². The van der Waals surface area contributed by atoms with Crippen LogP contribution in [0.5, 0.6) is 0 Å². The molecule has 1 amide bonds. The molecule has 1 heterocycles. The number of nitrogens with zero attached hydrogens (tertiary/aromatic N) is 2. The molecule has 1 saturated heterocycles. The van der Waals surface area contributed by atoms with Crippen molar-refractivity contribution in [1.29, 1.82) is 0 Å². The maximum absolute atomic E-state index is 13.0. The number of carbonyl (C=O) groups excluding carboxylic acids is 1. The first-order chi connectivity index (χ1) is 11.9. The molecule has 2 aliphatic rings. The number of hydrogen-bond donors (Lipinski definition) is 1. The zero-order valence-corrected chi connectivity index (χ0v) is 14.2. The van der Waals surface area contributed by atoms with E-state index in [0.717, 1.165) is 32.2 Å². The summed E-state index contributed by atoms with van der Waals surface area (Å²) < 4.78 is 38.9. The van der Waals surface area contributed by atoms with Crippen molar-refractivity contribution in [3.8, 4) is 0 Å². The van der Waals surface area contributed by atoms with E-state index in [0.29, 0.717) is 6.04 Å². The van der Waals surface area contributed by atoms with Gasteiger partial charge in [0.25, 0.3) is 0 Å². The molecule has 1 N–H and O–H groups in total. The van der Waals surface area contributed by atoms with Crippen LogP contribution in [-0.4, -0.2) is 54.5 Å². The van der Waals surface area contributed by atoms with E-state index in [2.05, 4.69) is 10.2 Å². The van der Waals surface area contributed by atoms with Gasteiger partial charge >= 0.3 is 6.18 Å². The van der Waals surface area contributed by atoms with E-state index < -0.39 is 17.6 Å². The third-order valence-corrected chi connectivity index (χ3v) is 5.12. The van der Waals surface area contributed by atoms with E-state index in [1.807, 2.05) is 4.90 Å². The van der Waals surface area contributed by atoms with Gasteiger partial charge in [-0.1, -0.05) is 25.0 Å². The van der Waals surface area contributed by atoms with Crippen molar-refractivity contribution in [3.05, 3.63) is 29.8 Å². The number of anilines is 1. The molecule has 25 heavy (non-hydrogen) atoms. The molecule has 3 rings (SSSR count). The molecular weight excluding hydrogens is 331 g/mol. The van der Waals surface area contributed by atoms with Gasteiger partial charge in [0, 0.05) is 32.2 Å². The van der Waals surface area contributed by atoms with Crippen molar-refractivity contribution >= 4 is 11.6 Å². The molecule has 0 spiro atoms. The van der Waals surface area contributed by atoms with Gasteiger partial charge in [-0.2, -0.15) is 13.2 Å². The molecule has 1 aliphatic carbocycles. The Hall–Kier alpha value is -1.60. The fourth-order valence-electron chi connectivity index (χ4n) is 3.79. The zero-order valence-electron chi connectivity index (χ0n) is 14.2. The van der Waals surface area contributed by atoms with Crippen LogP contribution in [0.1, 0.15) is 31.2 Å². The van der Waals surface area contributed by atoms with Gasteiger partial charge in [-0.3, -0.25) is 14.6 Å². The van der Waals surface area contributed by atoms with Crippen LogP contribution in [0.4, 0.5) is 18.9 Å². The largest absolute Gasteiger partial charge is 0.418 e. The lowest BCUT2D eigenvalue weighted by Crippen LogP contribution is -2.51. The van der Waals surface area contributed by atoms with Crippen molar-refractivity contribution in [3.63, 3.8) is 0 Å². The van der Waals surface area contributed by atoms with Crippen LogP contribution < -0.4 is 5.32 Å². The van der Waals surface area contributed by atoms with Crippen molar-refractivity contribution in [1.82, 2.24) is 9.80 Å². The number of carbonyl (C=O) groups is 1. The zero-order chi connectivity index (χ0) is 17.9. The average Bonchev–Trinajstić information content (AvgIpc) is 3.09. The van der Waals surface area contributed by atoms with Crippen molar-refractivity contribution in [2.24, 2.45) is 0 Å². The predicted octanol–water partition coefficient (Wildman–Crippen LogP) is 3.20. The molecule has 1 aromatic rings. The minimum Gasteiger partial charge on any atom is -0.324 e. The highest BCUT2D eigenvalue weighted by atomic mass is 19.4. The fourth-order valence-corrected chi connectivity index (χ4v) is 3.79. The smallest absolute Gasteiger partial charge is 0.324 e. The summed E-state index contributed by atoms with van der Waals surface area (Å²) in [7, 11) is 0. The lowest BCUT2D eigenvalue weighted by Gasteiger charge is -2.37. The maximum atomic E-state index is 13.0. The highest BCUT2D eigenvalue weighted by molar-refractivity contribution is 5.93. The van der Waals surface area contributed by atoms with E-state index >= 15 is 0 Å². The number of piperazine rings is 1. The number of amides is 1. The third kappa shape index (κ3) is 4.73. The summed E-state index contributed by atoms with van der Waals surface area (Å²) in [5.41, 5.74) is -0.987. The van der Waals surface area contributed by atoms with E-state index in [-0.39, 0.29) is 12.2 Å². The summed E-state index contributed by atoms with van der Waals surface area (Å²) in [5.74, 6) is -0.397. The normalized spacial score (nSPS) is 20.8. The molecule has 138 valence electrons. The van der Waals surface area contributed by atoms with Crippen LogP contribution in [0.15, 0.2) is 24.3 Å². The lowest BCUT2D eigenvalue weighted by atomic mass is 10.1. The van der Waals surface area contributed by atoms with Gasteiger partial charge in [-0.15, -0.1) is 0 Å². The van der Waals surface area contributed by atoms with Crippen LogP contribution in [0.3, 0.4) is 0 Å². The monoisotopic (exact) mass is 355 g/mol. The van der Waals surface area contributed by atoms with Gasteiger partial charge in [-0.25, -0.2) is 0 Å². The second kappa shape index (κ2) is 7.74. The topological polar surface area (TPSA) is 35.6 Å². The van der Waals surface area contributed by atoms with Crippen LogP contribution in [-0.2, 0) is 11.0 Å². The molecule has 0 radical (unpaired) electrons. The van der Waals surface area contributed by atoms with Crippen LogP contribution >= 0.6 is 0 Å². The molecule has 2 fully saturated rings. The SMILES string of the molecule is O=C(CN1CCN(C2CCCC2)CC1)Nc1ccccc1C(F)(F)F.